The molecule has 35 heavy (non-hydrogen) atoms. The molecule has 4 rings (SSSR count). The second-order valence-corrected chi connectivity index (χ2v) is 8.46. The minimum atomic E-state index is -0.642. The molecule has 0 saturated heterocycles. The first-order valence-electron chi connectivity index (χ1n) is 10.4. The number of carbonyl (C=O) groups excluding carboxylic acids is 2. The van der Waals surface area contributed by atoms with E-state index in [9.17, 15) is 19.7 Å². The summed E-state index contributed by atoms with van der Waals surface area (Å²) in [6, 6.07) is 14.2. The number of nitro benzene ring substituents is 1. The van der Waals surface area contributed by atoms with E-state index in [1.54, 1.807) is 28.8 Å². The number of non-ortho nitro benzene ring substituents is 1. The average molecular weight is 493 g/mol. The van der Waals surface area contributed by atoms with Gasteiger partial charge in [0.05, 0.1) is 10.5 Å². The number of rotatable bonds is 8. The van der Waals surface area contributed by atoms with Gasteiger partial charge in [-0.05, 0) is 43.7 Å². The molecule has 4 aromatic rings. The lowest BCUT2D eigenvalue weighted by Gasteiger charge is -2.09. The summed E-state index contributed by atoms with van der Waals surface area (Å²) in [7, 11) is 0. The quantitative estimate of drug-likeness (QED) is 0.168. The summed E-state index contributed by atoms with van der Waals surface area (Å²) in [6.45, 7) is 3.31. The first-order chi connectivity index (χ1) is 16.8. The van der Waals surface area contributed by atoms with Gasteiger partial charge in [0.25, 0.3) is 17.4 Å². The average Bonchev–Trinajstić information content (AvgIpc) is 3.25. The molecule has 0 atom stereocenters. The van der Waals surface area contributed by atoms with Crippen LogP contribution in [-0.2, 0) is 15.3 Å². The van der Waals surface area contributed by atoms with E-state index in [2.05, 4.69) is 20.4 Å². The molecule has 12 heteroatoms. The fraction of sp³-hybridized carbons (Fsp3) is 0.174. The summed E-state index contributed by atoms with van der Waals surface area (Å²) >= 11 is 1.36. The Morgan fingerprint density at radius 3 is 2.60 bits per heavy atom. The van der Waals surface area contributed by atoms with Gasteiger partial charge >= 0.3 is 5.97 Å². The standard InChI is InChI=1S/C23H20N6O5S/c1-14-11-15(2)28-22(24-14)26-23(27-28)35-13-16-5-3-4-6-19(16)21(31)34-12-20(30)25-17-7-9-18(10-8-17)29(32)33/h3-11H,12-13H2,1-2H3,(H,25,30). The molecule has 2 aromatic heterocycles. The number of nitrogens with zero attached hydrogens (tertiary/aromatic N) is 5. The number of fused-ring (bicyclic) bond motifs is 1. The van der Waals surface area contributed by atoms with Gasteiger partial charge in [-0.3, -0.25) is 14.9 Å². The predicted octanol–water partition coefficient (Wildman–Crippen LogP) is 3.74. The lowest BCUT2D eigenvalue weighted by atomic mass is 10.1. The second-order valence-electron chi connectivity index (χ2n) is 7.52. The summed E-state index contributed by atoms with van der Waals surface area (Å²) in [5, 5.41) is 18.2. The lowest BCUT2D eigenvalue weighted by molar-refractivity contribution is -0.384. The van der Waals surface area contributed by atoms with E-state index in [1.165, 1.54) is 36.0 Å². The second kappa shape index (κ2) is 10.3. The Morgan fingerprint density at radius 1 is 1.11 bits per heavy atom. The Hall–Kier alpha value is -4.32. The van der Waals surface area contributed by atoms with E-state index in [1.807, 2.05) is 19.9 Å². The predicted molar refractivity (Wildman–Crippen MR) is 128 cm³/mol. The largest absolute Gasteiger partial charge is 0.452 e. The van der Waals surface area contributed by atoms with Gasteiger partial charge in [0.2, 0.25) is 5.16 Å². The Bertz CT molecular complexity index is 1420. The van der Waals surface area contributed by atoms with Crippen LogP contribution in [0, 0.1) is 24.0 Å². The maximum absolute atomic E-state index is 12.6. The molecular weight excluding hydrogens is 472 g/mol. The van der Waals surface area contributed by atoms with Crippen molar-refractivity contribution in [3.63, 3.8) is 0 Å². The van der Waals surface area contributed by atoms with Crippen molar-refractivity contribution < 1.29 is 19.2 Å². The van der Waals surface area contributed by atoms with Gasteiger partial charge < -0.3 is 10.1 Å². The number of esters is 1. The van der Waals surface area contributed by atoms with Crippen molar-refractivity contribution >= 4 is 40.8 Å². The van der Waals surface area contributed by atoms with E-state index >= 15 is 0 Å². The van der Waals surface area contributed by atoms with Gasteiger partial charge in [-0.1, -0.05) is 30.0 Å². The molecule has 0 fully saturated rings. The Balaban J connectivity index is 1.36. The molecule has 0 radical (unpaired) electrons. The number of hydrogen-bond acceptors (Lipinski definition) is 9. The zero-order chi connectivity index (χ0) is 24.9. The number of aromatic nitrogens is 4. The third-order valence-electron chi connectivity index (χ3n) is 4.89. The molecule has 0 aliphatic rings. The molecule has 0 bridgehead atoms. The third kappa shape index (κ3) is 5.79. The van der Waals surface area contributed by atoms with Crippen LogP contribution in [0.3, 0.4) is 0 Å². The van der Waals surface area contributed by atoms with Crippen LogP contribution in [0.5, 0.6) is 0 Å². The summed E-state index contributed by atoms with van der Waals surface area (Å²) in [5.74, 6) is -0.283. The van der Waals surface area contributed by atoms with Crippen molar-refractivity contribution in [2.45, 2.75) is 24.8 Å². The number of hydrogen-bond donors (Lipinski definition) is 1. The number of aryl methyl sites for hydroxylation is 2. The molecule has 1 amide bonds. The Kier molecular flexibility index (Phi) is 7.01. The van der Waals surface area contributed by atoms with Gasteiger partial charge in [-0.15, -0.1) is 5.10 Å². The third-order valence-corrected chi connectivity index (χ3v) is 5.78. The van der Waals surface area contributed by atoms with Crippen molar-refractivity contribution in [2.24, 2.45) is 0 Å². The maximum Gasteiger partial charge on any atom is 0.338 e. The zero-order valence-electron chi connectivity index (χ0n) is 18.8. The zero-order valence-corrected chi connectivity index (χ0v) is 19.6. The minimum absolute atomic E-state index is 0.0933. The van der Waals surface area contributed by atoms with Crippen molar-refractivity contribution in [1.82, 2.24) is 19.6 Å². The van der Waals surface area contributed by atoms with Gasteiger partial charge in [-0.25, -0.2) is 14.3 Å². The van der Waals surface area contributed by atoms with Gasteiger partial charge in [0.15, 0.2) is 6.61 Å². The van der Waals surface area contributed by atoms with E-state index in [-0.39, 0.29) is 5.69 Å². The topological polar surface area (TPSA) is 142 Å². The first kappa shape index (κ1) is 23.8. The Labute approximate surface area is 203 Å². The highest BCUT2D eigenvalue weighted by Gasteiger charge is 2.16. The number of thioether (sulfide) groups is 1. The highest BCUT2D eigenvalue weighted by molar-refractivity contribution is 7.98. The van der Waals surface area contributed by atoms with Gasteiger partial charge in [-0.2, -0.15) is 4.98 Å². The number of benzene rings is 2. The van der Waals surface area contributed by atoms with Crippen LogP contribution in [0.4, 0.5) is 11.4 Å². The number of ether oxygens (including phenoxy) is 1. The van der Waals surface area contributed by atoms with E-state index in [0.717, 1.165) is 11.4 Å². The van der Waals surface area contributed by atoms with Crippen LogP contribution in [0.1, 0.15) is 27.3 Å². The molecule has 178 valence electrons. The molecule has 0 aliphatic carbocycles. The lowest BCUT2D eigenvalue weighted by Crippen LogP contribution is -2.21. The van der Waals surface area contributed by atoms with Crippen molar-refractivity contribution in [2.75, 3.05) is 11.9 Å². The van der Waals surface area contributed by atoms with Crippen molar-refractivity contribution in [3.8, 4) is 0 Å². The minimum Gasteiger partial charge on any atom is -0.452 e. The highest BCUT2D eigenvalue weighted by Crippen LogP contribution is 2.23. The van der Waals surface area contributed by atoms with Gasteiger partial charge in [0.1, 0.15) is 0 Å². The van der Waals surface area contributed by atoms with E-state index in [0.29, 0.717) is 33.5 Å². The van der Waals surface area contributed by atoms with Crippen molar-refractivity contribution in [3.05, 3.63) is 87.2 Å². The smallest absolute Gasteiger partial charge is 0.338 e. The first-order valence-corrected chi connectivity index (χ1v) is 11.4. The molecular formula is C23H20N6O5S. The van der Waals surface area contributed by atoms with Crippen LogP contribution >= 0.6 is 11.8 Å². The summed E-state index contributed by atoms with van der Waals surface area (Å²) in [5.41, 5.74) is 3.07. The number of nitro groups is 1. The molecule has 0 aliphatic heterocycles. The van der Waals surface area contributed by atoms with Crippen LogP contribution in [0.15, 0.2) is 59.8 Å². The molecule has 0 spiro atoms. The number of nitrogens with one attached hydrogen (secondary N) is 1. The maximum atomic E-state index is 12.6. The van der Waals surface area contributed by atoms with E-state index in [4.69, 9.17) is 4.74 Å². The van der Waals surface area contributed by atoms with E-state index < -0.39 is 23.4 Å². The van der Waals surface area contributed by atoms with Crippen LogP contribution in [0.25, 0.3) is 5.78 Å². The summed E-state index contributed by atoms with van der Waals surface area (Å²) < 4.78 is 6.85. The fourth-order valence-electron chi connectivity index (χ4n) is 3.27. The number of carbonyl (C=O) groups is 2. The fourth-order valence-corrected chi connectivity index (χ4v) is 4.09. The SMILES string of the molecule is Cc1cc(C)n2nc(SCc3ccccc3C(=O)OCC(=O)Nc3ccc([N+](=O)[O-])cc3)nc2n1. The number of amides is 1. The molecule has 0 saturated carbocycles. The molecule has 2 aromatic carbocycles. The molecule has 2 heterocycles. The van der Waals surface area contributed by atoms with Crippen LogP contribution in [-0.4, -0.2) is 43.0 Å². The summed E-state index contributed by atoms with van der Waals surface area (Å²) in [4.78, 5) is 43.8. The normalized spacial score (nSPS) is 10.8. The van der Waals surface area contributed by atoms with Crippen LogP contribution in [0.2, 0.25) is 0 Å². The monoisotopic (exact) mass is 492 g/mol. The van der Waals surface area contributed by atoms with Gasteiger partial charge in [0, 0.05) is 35.0 Å². The Morgan fingerprint density at radius 2 is 1.86 bits per heavy atom. The van der Waals surface area contributed by atoms with Crippen molar-refractivity contribution in [1.29, 1.82) is 0 Å². The number of anilines is 1. The highest BCUT2D eigenvalue weighted by atomic mass is 32.2. The molecule has 0 unspecified atom stereocenters. The van der Waals surface area contributed by atoms with Crippen LogP contribution < -0.4 is 5.32 Å². The molecule has 11 nitrogen and oxygen atoms in total. The molecule has 1 N–H and O–H groups in total. The summed E-state index contributed by atoms with van der Waals surface area (Å²) in [6.07, 6.45) is 0.